The maximum absolute atomic E-state index is 13.0. The van der Waals surface area contributed by atoms with Crippen molar-refractivity contribution in [1.29, 1.82) is 0 Å². The maximum atomic E-state index is 13.0. The Hall–Kier alpha value is -2.48. The summed E-state index contributed by atoms with van der Waals surface area (Å²) in [6.07, 6.45) is 3.76. The first-order valence-corrected chi connectivity index (χ1v) is 11.8. The van der Waals surface area contributed by atoms with E-state index >= 15 is 0 Å². The predicted molar refractivity (Wildman–Crippen MR) is 126 cm³/mol. The van der Waals surface area contributed by atoms with Crippen LogP contribution >= 0.6 is 11.6 Å². The molecule has 33 heavy (non-hydrogen) atoms. The van der Waals surface area contributed by atoms with E-state index in [4.69, 9.17) is 26.1 Å². The molecule has 8 heteroatoms. The summed E-state index contributed by atoms with van der Waals surface area (Å²) in [5.74, 6) is 0.687. The van der Waals surface area contributed by atoms with Gasteiger partial charge in [-0.3, -0.25) is 14.1 Å². The van der Waals surface area contributed by atoms with Gasteiger partial charge in [-0.2, -0.15) is 0 Å². The van der Waals surface area contributed by atoms with Gasteiger partial charge in [0.05, 0.1) is 30.5 Å². The molecule has 2 saturated heterocycles. The molecule has 2 unspecified atom stereocenters. The van der Waals surface area contributed by atoms with Gasteiger partial charge in [0.15, 0.2) is 0 Å². The number of piperidine rings is 1. The fourth-order valence-corrected chi connectivity index (χ4v) is 5.18. The van der Waals surface area contributed by atoms with Crippen LogP contribution in [0, 0.1) is 17.8 Å². The number of hydrogen-bond donors (Lipinski definition) is 0. The Balaban J connectivity index is 1.42. The van der Waals surface area contributed by atoms with Crippen LogP contribution in [-0.2, 0) is 20.8 Å². The summed E-state index contributed by atoms with van der Waals surface area (Å²) in [4.78, 5) is 24.6. The molecule has 2 aliphatic rings. The third-order valence-corrected chi connectivity index (χ3v) is 6.59. The standard InChI is InChI=1S/C25H29ClN4O3/c1-25(2,3)33-23(31)21-17-11-29(12-18(21)15-32-14-17)13-20-22(16-5-7-19(26)8-6-16)28-24-27-9-4-10-30(20)24/h4-10,17-18,21H,11-15H2,1-3H3. The van der Waals surface area contributed by atoms with Crippen LogP contribution in [-0.4, -0.2) is 57.1 Å². The number of aromatic nitrogens is 3. The van der Waals surface area contributed by atoms with E-state index in [0.29, 0.717) is 30.6 Å². The van der Waals surface area contributed by atoms with Gasteiger partial charge < -0.3 is 9.47 Å². The van der Waals surface area contributed by atoms with Crippen molar-refractivity contribution in [3.63, 3.8) is 0 Å². The summed E-state index contributed by atoms with van der Waals surface area (Å²) in [7, 11) is 0. The van der Waals surface area contributed by atoms with Crippen LogP contribution in [0.25, 0.3) is 17.0 Å². The average molecular weight is 469 g/mol. The summed E-state index contributed by atoms with van der Waals surface area (Å²) in [6.45, 7) is 9.17. The third-order valence-electron chi connectivity index (χ3n) is 6.34. The number of benzene rings is 1. The lowest BCUT2D eigenvalue weighted by molar-refractivity contribution is -0.177. The van der Waals surface area contributed by atoms with E-state index in [9.17, 15) is 4.79 Å². The Morgan fingerprint density at radius 2 is 1.88 bits per heavy atom. The molecule has 2 aliphatic heterocycles. The van der Waals surface area contributed by atoms with Gasteiger partial charge in [-0.05, 0) is 39.0 Å². The number of carbonyl (C=O) groups is 1. The zero-order valence-corrected chi connectivity index (χ0v) is 20.0. The molecule has 1 aromatic carbocycles. The van der Waals surface area contributed by atoms with Crippen molar-refractivity contribution in [1.82, 2.24) is 19.3 Å². The van der Waals surface area contributed by atoms with Gasteiger partial charge in [0.25, 0.3) is 0 Å². The lowest BCUT2D eigenvalue weighted by atomic mass is 9.76. The summed E-state index contributed by atoms with van der Waals surface area (Å²) < 4.78 is 13.6. The minimum atomic E-state index is -0.486. The lowest BCUT2D eigenvalue weighted by Crippen LogP contribution is -2.55. The van der Waals surface area contributed by atoms with Crippen molar-refractivity contribution in [2.45, 2.75) is 32.9 Å². The number of ether oxygens (including phenoxy) is 2. The van der Waals surface area contributed by atoms with Gasteiger partial charge in [-0.1, -0.05) is 23.7 Å². The molecule has 2 bridgehead atoms. The first-order chi connectivity index (χ1) is 15.8. The number of hydrogen-bond acceptors (Lipinski definition) is 6. The summed E-state index contributed by atoms with van der Waals surface area (Å²) in [6, 6.07) is 9.66. The number of imidazole rings is 1. The SMILES string of the molecule is CC(C)(C)OC(=O)C1C2COCC1CN(Cc1c(-c3ccc(Cl)cc3)nc3ncccn13)C2. The summed E-state index contributed by atoms with van der Waals surface area (Å²) in [5, 5.41) is 0.694. The summed E-state index contributed by atoms with van der Waals surface area (Å²) in [5.41, 5.74) is 2.50. The molecule has 2 fully saturated rings. The summed E-state index contributed by atoms with van der Waals surface area (Å²) >= 11 is 6.11. The maximum Gasteiger partial charge on any atom is 0.310 e. The number of esters is 1. The van der Waals surface area contributed by atoms with E-state index in [0.717, 1.165) is 30.0 Å². The minimum Gasteiger partial charge on any atom is -0.460 e. The zero-order valence-electron chi connectivity index (χ0n) is 19.2. The lowest BCUT2D eigenvalue weighted by Gasteiger charge is -2.46. The van der Waals surface area contributed by atoms with Crippen molar-refractivity contribution >= 4 is 23.3 Å². The highest BCUT2D eigenvalue weighted by atomic mass is 35.5. The van der Waals surface area contributed by atoms with Crippen molar-refractivity contribution in [3.05, 3.63) is 53.4 Å². The smallest absolute Gasteiger partial charge is 0.310 e. The number of halogens is 1. The van der Waals surface area contributed by atoms with Crippen LogP contribution in [0.2, 0.25) is 5.02 Å². The molecule has 2 aromatic heterocycles. The van der Waals surface area contributed by atoms with Crippen LogP contribution in [0.3, 0.4) is 0 Å². The molecule has 7 nitrogen and oxygen atoms in total. The predicted octanol–water partition coefficient (Wildman–Crippen LogP) is 4.09. The van der Waals surface area contributed by atoms with Crippen molar-refractivity contribution < 1.29 is 14.3 Å². The van der Waals surface area contributed by atoms with Gasteiger partial charge in [-0.15, -0.1) is 0 Å². The van der Waals surface area contributed by atoms with Crippen LogP contribution < -0.4 is 0 Å². The van der Waals surface area contributed by atoms with Crippen LogP contribution in [0.1, 0.15) is 26.5 Å². The van der Waals surface area contributed by atoms with Crippen LogP contribution in [0.4, 0.5) is 0 Å². The molecule has 3 aromatic rings. The number of rotatable bonds is 4. The zero-order chi connectivity index (χ0) is 23.2. The minimum absolute atomic E-state index is 0.0960. The monoisotopic (exact) mass is 468 g/mol. The van der Waals surface area contributed by atoms with Crippen LogP contribution in [0.5, 0.6) is 0 Å². The molecular formula is C25H29ClN4O3. The first kappa shape index (κ1) is 22.3. The van der Waals surface area contributed by atoms with E-state index in [1.54, 1.807) is 6.20 Å². The van der Waals surface area contributed by atoms with E-state index in [-0.39, 0.29) is 23.7 Å². The Morgan fingerprint density at radius 1 is 1.18 bits per heavy atom. The molecule has 0 spiro atoms. The Bertz CT molecular complexity index is 1140. The second-order valence-corrected chi connectivity index (χ2v) is 10.5. The number of carbonyl (C=O) groups excluding carboxylic acids is 1. The van der Waals surface area contributed by atoms with E-state index in [1.807, 2.05) is 57.3 Å². The van der Waals surface area contributed by atoms with Crippen molar-refractivity contribution in [2.75, 3.05) is 26.3 Å². The second kappa shape index (κ2) is 8.70. The third kappa shape index (κ3) is 4.63. The Morgan fingerprint density at radius 3 is 2.55 bits per heavy atom. The van der Waals surface area contributed by atoms with E-state index < -0.39 is 5.60 Å². The topological polar surface area (TPSA) is 69.0 Å². The second-order valence-electron chi connectivity index (χ2n) is 10.0. The number of fused-ring (bicyclic) bond motifs is 3. The van der Waals surface area contributed by atoms with Gasteiger partial charge in [0, 0.05) is 54.4 Å². The molecule has 0 N–H and O–H groups in total. The van der Waals surface area contributed by atoms with Crippen LogP contribution in [0.15, 0.2) is 42.7 Å². The van der Waals surface area contributed by atoms with Crippen molar-refractivity contribution in [2.24, 2.45) is 17.8 Å². The highest BCUT2D eigenvalue weighted by molar-refractivity contribution is 6.30. The molecule has 2 atom stereocenters. The molecule has 5 rings (SSSR count). The van der Waals surface area contributed by atoms with E-state index in [2.05, 4.69) is 14.3 Å². The van der Waals surface area contributed by atoms with Gasteiger partial charge in [-0.25, -0.2) is 9.97 Å². The van der Waals surface area contributed by atoms with Crippen molar-refractivity contribution in [3.8, 4) is 11.3 Å². The first-order valence-electron chi connectivity index (χ1n) is 11.4. The van der Waals surface area contributed by atoms with E-state index in [1.165, 1.54) is 0 Å². The average Bonchev–Trinajstić information content (AvgIpc) is 3.11. The molecule has 4 heterocycles. The molecule has 0 amide bonds. The molecule has 174 valence electrons. The Kier molecular flexibility index (Phi) is 5.89. The molecule has 0 aliphatic carbocycles. The highest BCUT2D eigenvalue weighted by Gasteiger charge is 2.46. The van der Waals surface area contributed by atoms with Gasteiger partial charge >= 0.3 is 5.97 Å². The van der Waals surface area contributed by atoms with Gasteiger partial charge in [0.1, 0.15) is 5.60 Å². The number of likely N-dealkylation sites (tertiary alicyclic amines) is 1. The normalized spacial score (nSPS) is 23.6. The van der Waals surface area contributed by atoms with Gasteiger partial charge in [0.2, 0.25) is 5.78 Å². The molecule has 0 radical (unpaired) electrons. The fourth-order valence-electron chi connectivity index (χ4n) is 5.05. The molecule has 0 saturated carbocycles. The largest absolute Gasteiger partial charge is 0.460 e. The fraction of sp³-hybridized carbons (Fsp3) is 0.480. The number of nitrogens with zero attached hydrogens (tertiary/aromatic N) is 4. The quantitative estimate of drug-likeness (QED) is 0.537. The highest BCUT2D eigenvalue weighted by Crippen LogP contribution is 2.36. The molecular weight excluding hydrogens is 440 g/mol. The Labute approximate surface area is 198 Å².